The fraction of sp³-hybridized carbons (Fsp3) is 0.160. The van der Waals surface area contributed by atoms with E-state index in [0.29, 0.717) is 29.3 Å². The highest BCUT2D eigenvalue weighted by Gasteiger charge is 2.10. The van der Waals surface area contributed by atoms with Gasteiger partial charge in [0, 0.05) is 11.3 Å². The molecule has 3 rings (SSSR count). The van der Waals surface area contributed by atoms with E-state index in [9.17, 15) is 9.59 Å². The molecule has 0 heterocycles. The molecule has 3 aromatic rings. The zero-order valence-electron chi connectivity index (χ0n) is 18.4. The molecule has 0 atom stereocenters. The van der Waals surface area contributed by atoms with E-state index < -0.39 is 0 Å². The highest BCUT2D eigenvalue weighted by molar-refractivity contribution is 6.05. The van der Waals surface area contributed by atoms with Crippen molar-refractivity contribution in [3.63, 3.8) is 0 Å². The van der Waals surface area contributed by atoms with Crippen LogP contribution in [-0.2, 0) is 9.63 Å². The minimum Gasteiger partial charge on any atom is -0.495 e. The number of hydrogen-bond donors (Lipinski definition) is 2. The van der Waals surface area contributed by atoms with E-state index >= 15 is 0 Å². The summed E-state index contributed by atoms with van der Waals surface area (Å²) in [5.74, 6) is 0.688. The first-order valence-electron chi connectivity index (χ1n) is 10.3. The lowest BCUT2D eigenvalue weighted by Gasteiger charge is -2.10. The molecule has 0 radical (unpaired) electrons. The lowest BCUT2D eigenvalue weighted by atomic mass is 10.2. The van der Waals surface area contributed by atoms with Gasteiger partial charge in [-0.3, -0.25) is 9.59 Å². The summed E-state index contributed by atoms with van der Waals surface area (Å²) in [5, 5.41) is 9.29. The monoisotopic (exact) mass is 447 g/mol. The topological polar surface area (TPSA) is 98.3 Å². The van der Waals surface area contributed by atoms with Crippen LogP contribution in [0.25, 0.3) is 0 Å². The van der Waals surface area contributed by atoms with Gasteiger partial charge in [-0.15, -0.1) is 0 Å². The van der Waals surface area contributed by atoms with Gasteiger partial charge in [0.25, 0.3) is 11.8 Å². The minimum absolute atomic E-state index is 0.246. The molecule has 0 aliphatic carbocycles. The quantitative estimate of drug-likeness (QED) is 0.356. The van der Waals surface area contributed by atoms with Gasteiger partial charge in [0.05, 0.1) is 25.6 Å². The SMILES string of the molecule is CCOc1ccc(/C=N/OCC(=O)Nc2ccc(C(=O)Nc3ccccc3OC)cc2)cc1. The third-order valence-corrected chi connectivity index (χ3v) is 4.45. The Balaban J connectivity index is 1.46. The maximum Gasteiger partial charge on any atom is 0.265 e. The number of carbonyl (C=O) groups excluding carboxylic acids is 2. The van der Waals surface area contributed by atoms with Crippen LogP contribution in [0.15, 0.2) is 78.0 Å². The minimum atomic E-state index is -0.370. The number of para-hydroxylation sites is 2. The molecule has 0 saturated heterocycles. The van der Waals surface area contributed by atoms with E-state index in [4.69, 9.17) is 14.3 Å². The van der Waals surface area contributed by atoms with Crippen LogP contribution < -0.4 is 20.1 Å². The smallest absolute Gasteiger partial charge is 0.265 e. The zero-order chi connectivity index (χ0) is 23.5. The lowest BCUT2D eigenvalue weighted by Crippen LogP contribution is -2.17. The average molecular weight is 447 g/mol. The van der Waals surface area contributed by atoms with E-state index in [1.807, 2.05) is 37.3 Å². The Kier molecular flexibility index (Phi) is 8.41. The predicted octanol–water partition coefficient (Wildman–Crippen LogP) is 4.34. The summed E-state index contributed by atoms with van der Waals surface area (Å²) in [5.41, 5.74) is 2.37. The van der Waals surface area contributed by atoms with Gasteiger partial charge in [-0.1, -0.05) is 17.3 Å². The average Bonchev–Trinajstić information content (AvgIpc) is 2.84. The molecular formula is C25H25N3O5. The Bertz CT molecular complexity index is 1100. The van der Waals surface area contributed by atoms with E-state index in [-0.39, 0.29) is 18.4 Å². The fourth-order valence-electron chi connectivity index (χ4n) is 2.86. The molecule has 0 bridgehead atoms. The van der Waals surface area contributed by atoms with Crippen molar-refractivity contribution in [1.82, 2.24) is 0 Å². The van der Waals surface area contributed by atoms with Gasteiger partial charge in [0.15, 0.2) is 6.61 Å². The van der Waals surface area contributed by atoms with Crippen LogP contribution in [0.4, 0.5) is 11.4 Å². The van der Waals surface area contributed by atoms with Crippen LogP contribution in [0, 0.1) is 0 Å². The fourth-order valence-corrected chi connectivity index (χ4v) is 2.86. The third kappa shape index (κ3) is 7.10. The zero-order valence-corrected chi connectivity index (χ0v) is 18.4. The standard InChI is InChI=1S/C25H25N3O5/c1-3-32-21-14-8-18(9-15-21)16-26-33-17-24(29)27-20-12-10-19(11-13-20)25(30)28-22-6-4-5-7-23(22)31-2/h4-16H,3,17H2,1-2H3,(H,27,29)(H,28,30)/b26-16+. The van der Waals surface area contributed by atoms with Crippen molar-refractivity contribution in [2.75, 3.05) is 31.0 Å². The van der Waals surface area contributed by atoms with Gasteiger partial charge in [0.1, 0.15) is 11.5 Å². The summed E-state index contributed by atoms with van der Waals surface area (Å²) >= 11 is 0. The van der Waals surface area contributed by atoms with Crippen molar-refractivity contribution < 1.29 is 23.9 Å². The highest BCUT2D eigenvalue weighted by atomic mass is 16.6. The van der Waals surface area contributed by atoms with Crippen molar-refractivity contribution >= 4 is 29.4 Å². The Hall–Kier alpha value is -4.33. The summed E-state index contributed by atoms with van der Waals surface area (Å²) in [6.45, 7) is 2.27. The summed E-state index contributed by atoms with van der Waals surface area (Å²) in [7, 11) is 1.54. The Morgan fingerprint density at radius 3 is 2.36 bits per heavy atom. The van der Waals surface area contributed by atoms with Gasteiger partial charge in [-0.25, -0.2) is 0 Å². The number of benzene rings is 3. The molecule has 0 unspecified atom stereocenters. The van der Waals surface area contributed by atoms with Gasteiger partial charge in [0.2, 0.25) is 0 Å². The lowest BCUT2D eigenvalue weighted by molar-refractivity contribution is -0.120. The number of nitrogens with zero attached hydrogens (tertiary/aromatic N) is 1. The molecule has 2 amide bonds. The second-order valence-corrected chi connectivity index (χ2v) is 6.79. The molecule has 8 heteroatoms. The highest BCUT2D eigenvalue weighted by Crippen LogP contribution is 2.23. The first-order chi connectivity index (χ1) is 16.1. The van der Waals surface area contributed by atoms with E-state index in [1.54, 1.807) is 42.5 Å². The Morgan fingerprint density at radius 1 is 0.939 bits per heavy atom. The number of nitrogens with one attached hydrogen (secondary N) is 2. The first-order valence-corrected chi connectivity index (χ1v) is 10.3. The summed E-state index contributed by atoms with van der Waals surface area (Å²) in [4.78, 5) is 29.6. The molecule has 0 spiro atoms. The van der Waals surface area contributed by atoms with Gasteiger partial charge < -0.3 is 24.9 Å². The maximum atomic E-state index is 12.5. The Morgan fingerprint density at radius 2 is 1.67 bits per heavy atom. The predicted molar refractivity (Wildman–Crippen MR) is 127 cm³/mol. The molecule has 0 aromatic heterocycles. The molecule has 0 aliphatic heterocycles. The number of amides is 2. The van der Waals surface area contributed by atoms with Crippen LogP contribution in [0.1, 0.15) is 22.8 Å². The largest absolute Gasteiger partial charge is 0.495 e. The molecule has 8 nitrogen and oxygen atoms in total. The number of rotatable bonds is 10. The molecule has 0 saturated carbocycles. The van der Waals surface area contributed by atoms with Gasteiger partial charge >= 0.3 is 0 Å². The van der Waals surface area contributed by atoms with Crippen LogP contribution in [0.3, 0.4) is 0 Å². The maximum absolute atomic E-state index is 12.5. The Labute approximate surface area is 192 Å². The van der Waals surface area contributed by atoms with E-state index in [2.05, 4.69) is 15.8 Å². The summed E-state index contributed by atoms with van der Waals surface area (Å²) in [6.07, 6.45) is 1.51. The second-order valence-electron chi connectivity index (χ2n) is 6.79. The normalized spacial score (nSPS) is 10.5. The number of methoxy groups -OCH3 is 1. The van der Waals surface area contributed by atoms with Crippen molar-refractivity contribution in [2.24, 2.45) is 5.16 Å². The molecule has 170 valence electrons. The number of oxime groups is 1. The van der Waals surface area contributed by atoms with Crippen molar-refractivity contribution in [3.05, 3.63) is 83.9 Å². The molecule has 2 N–H and O–H groups in total. The van der Waals surface area contributed by atoms with Gasteiger partial charge in [-0.2, -0.15) is 0 Å². The van der Waals surface area contributed by atoms with Crippen LogP contribution in [0.2, 0.25) is 0 Å². The molecule has 3 aromatic carbocycles. The molecule has 0 fully saturated rings. The molecule has 0 aliphatic rings. The number of ether oxygens (including phenoxy) is 2. The van der Waals surface area contributed by atoms with Crippen molar-refractivity contribution in [3.8, 4) is 11.5 Å². The van der Waals surface area contributed by atoms with Crippen LogP contribution >= 0.6 is 0 Å². The van der Waals surface area contributed by atoms with Crippen LogP contribution in [-0.4, -0.2) is 38.4 Å². The van der Waals surface area contributed by atoms with Crippen molar-refractivity contribution in [1.29, 1.82) is 0 Å². The molecular weight excluding hydrogens is 422 g/mol. The van der Waals surface area contributed by atoms with Crippen LogP contribution in [0.5, 0.6) is 11.5 Å². The van der Waals surface area contributed by atoms with E-state index in [0.717, 1.165) is 11.3 Å². The third-order valence-electron chi connectivity index (χ3n) is 4.45. The van der Waals surface area contributed by atoms with E-state index in [1.165, 1.54) is 13.3 Å². The summed E-state index contributed by atoms with van der Waals surface area (Å²) < 4.78 is 10.6. The van der Waals surface area contributed by atoms with Gasteiger partial charge in [-0.05, 0) is 73.2 Å². The van der Waals surface area contributed by atoms with Crippen molar-refractivity contribution in [2.45, 2.75) is 6.92 Å². The summed E-state index contributed by atoms with van der Waals surface area (Å²) in [6, 6.07) is 21.0. The number of anilines is 2. The first kappa shape index (κ1) is 23.3. The number of carbonyl (C=O) groups is 2. The number of hydrogen-bond acceptors (Lipinski definition) is 6. The molecule has 33 heavy (non-hydrogen) atoms. The second kappa shape index (κ2) is 11.9.